The molecule has 0 amide bonds. The van der Waals surface area contributed by atoms with Crippen LogP contribution in [0.15, 0.2) is 12.7 Å². The van der Waals surface area contributed by atoms with Crippen molar-refractivity contribution >= 4 is 11.4 Å². The van der Waals surface area contributed by atoms with Gasteiger partial charge in [-0.3, -0.25) is 0 Å². The van der Waals surface area contributed by atoms with Crippen LogP contribution in [0.2, 0.25) is 0 Å². The van der Waals surface area contributed by atoms with Crippen molar-refractivity contribution in [2.24, 2.45) is 0 Å². The van der Waals surface area contributed by atoms with E-state index in [9.17, 15) is 17.6 Å². The maximum absolute atomic E-state index is 13.9. The van der Waals surface area contributed by atoms with Crippen molar-refractivity contribution in [1.82, 2.24) is 0 Å². The molecule has 1 aromatic rings. The van der Waals surface area contributed by atoms with Crippen molar-refractivity contribution in [3.8, 4) is 0 Å². The topological polar surface area (TPSA) is 6.48 Å². The largest absolute Gasteiger partial charge is 0.373 e. The summed E-state index contributed by atoms with van der Waals surface area (Å²) in [6, 6.07) is 0. The van der Waals surface area contributed by atoms with Gasteiger partial charge < -0.3 is 9.80 Å². The van der Waals surface area contributed by atoms with E-state index in [1.165, 1.54) is 21.1 Å². The molecule has 0 unspecified atom stereocenters. The van der Waals surface area contributed by atoms with Gasteiger partial charge in [0.15, 0.2) is 23.3 Å². The summed E-state index contributed by atoms with van der Waals surface area (Å²) in [7, 11) is 3.97. The second kappa shape index (κ2) is 5.95. The van der Waals surface area contributed by atoms with E-state index >= 15 is 0 Å². The molecule has 0 radical (unpaired) electrons. The molecule has 0 atom stereocenters. The first kappa shape index (κ1) is 15.3. The van der Waals surface area contributed by atoms with Gasteiger partial charge in [0.25, 0.3) is 0 Å². The molecule has 0 saturated heterocycles. The average Bonchev–Trinajstić information content (AvgIpc) is 2.34. The Kier molecular flexibility index (Phi) is 4.80. The molecule has 0 heterocycles. The minimum Gasteiger partial charge on any atom is -0.373 e. The van der Waals surface area contributed by atoms with E-state index < -0.39 is 34.6 Å². The lowest BCUT2D eigenvalue weighted by Gasteiger charge is -2.23. The normalized spacial score (nSPS) is 10.5. The van der Waals surface area contributed by atoms with Gasteiger partial charge in [-0.05, 0) is 6.42 Å². The molecule has 0 bridgehead atoms. The highest BCUT2D eigenvalue weighted by atomic mass is 19.2. The summed E-state index contributed by atoms with van der Waals surface area (Å²) >= 11 is 0. The highest BCUT2D eigenvalue weighted by Crippen LogP contribution is 2.34. The third-order valence-corrected chi connectivity index (χ3v) is 2.71. The number of nitrogens with zero attached hydrogens (tertiary/aromatic N) is 2. The Morgan fingerprint density at radius 2 is 1.32 bits per heavy atom. The zero-order valence-corrected chi connectivity index (χ0v) is 11.1. The molecule has 0 aliphatic carbocycles. The van der Waals surface area contributed by atoms with Crippen LogP contribution in [0, 0.1) is 23.3 Å². The summed E-state index contributed by atoms with van der Waals surface area (Å²) < 4.78 is 55.3. The third-order valence-electron chi connectivity index (χ3n) is 2.71. The van der Waals surface area contributed by atoms with Crippen molar-refractivity contribution in [3.63, 3.8) is 0 Å². The molecular formula is C13H16F4N2. The lowest BCUT2D eigenvalue weighted by atomic mass is 10.2. The highest BCUT2D eigenvalue weighted by Gasteiger charge is 2.28. The SMILES string of the molecule is C=CCCN(C)c1c(F)c(F)c(N(C)C)c(F)c1F. The first-order chi connectivity index (χ1) is 8.82. The van der Waals surface area contributed by atoms with Gasteiger partial charge in [-0.1, -0.05) is 6.08 Å². The molecule has 0 aliphatic heterocycles. The van der Waals surface area contributed by atoms with Crippen LogP contribution in [0.25, 0.3) is 0 Å². The Bertz CT molecular complexity index is 457. The van der Waals surface area contributed by atoms with Gasteiger partial charge in [-0.2, -0.15) is 0 Å². The van der Waals surface area contributed by atoms with Crippen molar-refractivity contribution in [2.75, 3.05) is 37.5 Å². The summed E-state index contributed by atoms with van der Waals surface area (Å²) in [4.78, 5) is 2.11. The van der Waals surface area contributed by atoms with Crippen LogP contribution in [0.5, 0.6) is 0 Å². The molecule has 1 rings (SSSR count). The van der Waals surface area contributed by atoms with E-state index in [2.05, 4.69) is 6.58 Å². The zero-order chi connectivity index (χ0) is 14.7. The first-order valence-electron chi connectivity index (χ1n) is 5.68. The van der Waals surface area contributed by atoms with Gasteiger partial charge in [0.1, 0.15) is 11.4 Å². The summed E-state index contributed by atoms with van der Waals surface area (Å²) in [6.07, 6.45) is 1.99. The van der Waals surface area contributed by atoms with Crippen LogP contribution in [0.1, 0.15) is 6.42 Å². The van der Waals surface area contributed by atoms with Crippen LogP contribution < -0.4 is 9.80 Å². The molecule has 2 nitrogen and oxygen atoms in total. The second-order valence-corrected chi connectivity index (χ2v) is 4.35. The summed E-state index contributed by atoms with van der Waals surface area (Å²) in [6.45, 7) is 3.68. The molecule has 0 saturated carbocycles. The number of anilines is 2. The quantitative estimate of drug-likeness (QED) is 0.462. The van der Waals surface area contributed by atoms with Gasteiger partial charge in [-0.15, -0.1) is 6.58 Å². The number of rotatable bonds is 5. The molecule has 1 aromatic carbocycles. The van der Waals surface area contributed by atoms with E-state index in [4.69, 9.17) is 0 Å². The molecule has 0 aromatic heterocycles. The van der Waals surface area contributed by atoms with E-state index in [1.54, 1.807) is 6.08 Å². The smallest absolute Gasteiger partial charge is 0.187 e. The van der Waals surface area contributed by atoms with Gasteiger partial charge >= 0.3 is 0 Å². The summed E-state index contributed by atoms with van der Waals surface area (Å²) in [5.74, 6) is -5.59. The minimum atomic E-state index is -1.40. The number of benzene rings is 1. The van der Waals surface area contributed by atoms with E-state index in [1.807, 2.05) is 0 Å². The summed E-state index contributed by atoms with van der Waals surface area (Å²) in [5.41, 5.74) is -1.43. The maximum atomic E-state index is 13.9. The Hall–Kier alpha value is -1.72. The zero-order valence-electron chi connectivity index (χ0n) is 11.1. The standard InChI is InChI=1S/C13H16F4N2/c1-5-6-7-19(4)13-10(16)8(14)12(18(2)3)9(15)11(13)17/h5H,1,6-7H2,2-4H3. The molecule has 0 N–H and O–H groups in total. The highest BCUT2D eigenvalue weighted by molar-refractivity contribution is 5.60. The minimum absolute atomic E-state index is 0.206. The predicted octanol–water partition coefficient (Wildman–Crippen LogP) is 3.32. The predicted molar refractivity (Wildman–Crippen MR) is 68.7 cm³/mol. The molecule has 6 heteroatoms. The Morgan fingerprint density at radius 1 is 0.895 bits per heavy atom. The maximum Gasteiger partial charge on any atom is 0.187 e. The van der Waals surface area contributed by atoms with Crippen LogP contribution in [0.3, 0.4) is 0 Å². The molecule has 0 aliphatic rings. The Morgan fingerprint density at radius 3 is 1.68 bits per heavy atom. The third kappa shape index (κ3) is 2.83. The van der Waals surface area contributed by atoms with Gasteiger partial charge in [0, 0.05) is 27.7 Å². The lowest BCUT2D eigenvalue weighted by Crippen LogP contribution is -2.24. The average molecular weight is 276 g/mol. The van der Waals surface area contributed by atoms with Crippen molar-refractivity contribution < 1.29 is 17.6 Å². The lowest BCUT2D eigenvalue weighted by molar-refractivity contribution is 0.454. The van der Waals surface area contributed by atoms with Crippen molar-refractivity contribution in [2.45, 2.75) is 6.42 Å². The van der Waals surface area contributed by atoms with Crippen LogP contribution in [-0.4, -0.2) is 27.7 Å². The fourth-order valence-electron chi connectivity index (χ4n) is 1.73. The van der Waals surface area contributed by atoms with E-state index in [0.29, 0.717) is 6.42 Å². The van der Waals surface area contributed by atoms with Crippen LogP contribution >= 0.6 is 0 Å². The molecular weight excluding hydrogens is 260 g/mol. The summed E-state index contributed by atoms with van der Waals surface area (Å²) in [5, 5.41) is 0. The molecule has 0 spiro atoms. The monoisotopic (exact) mass is 276 g/mol. The number of hydrogen-bond acceptors (Lipinski definition) is 2. The van der Waals surface area contributed by atoms with E-state index in [-0.39, 0.29) is 6.54 Å². The second-order valence-electron chi connectivity index (χ2n) is 4.35. The molecule has 106 valence electrons. The fourth-order valence-corrected chi connectivity index (χ4v) is 1.73. The number of halogens is 4. The van der Waals surface area contributed by atoms with E-state index in [0.717, 1.165) is 9.80 Å². The van der Waals surface area contributed by atoms with Gasteiger partial charge in [0.2, 0.25) is 0 Å². The molecule has 0 fully saturated rings. The van der Waals surface area contributed by atoms with Crippen molar-refractivity contribution in [3.05, 3.63) is 35.9 Å². The van der Waals surface area contributed by atoms with Crippen LogP contribution in [-0.2, 0) is 0 Å². The van der Waals surface area contributed by atoms with Gasteiger partial charge in [-0.25, -0.2) is 17.6 Å². The van der Waals surface area contributed by atoms with Crippen molar-refractivity contribution in [1.29, 1.82) is 0 Å². The number of hydrogen-bond donors (Lipinski definition) is 0. The Balaban J connectivity index is 3.39. The molecule has 19 heavy (non-hydrogen) atoms. The van der Waals surface area contributed by atoms with Crippen LogP contribution in [0.4, 0.5) is 28.9 Å². The fraction of sp³-hybridized carbons (Fsp3) is 0.385. The Labute approximate surface area is 109 Å². The first-order valence-corrected chi connectivity index (χ1v) is 5.68. The van der Waals surface area contributed by atoms with Gasteiger partial charge in [0.05, 0.1) is 0 Å².